The molecule has 0 saturated heterocycles. The minimum atomic E-state index is -0.827. The third-order valence-electron chi connectivity index (χ3n) is 2.40. The van der Waals surface area contributed by atoms with Gasteiger partial charge in [-0.05, 0) is 18.6 Å². The molecule has 6 heteroatoms. The van der Waals surface area contributed by atoms with Crippen LogP contribution in [0.3, 0.4) is 0 Å². The van der Waals surface area contributed by atoms with Gasteiger partial charge < -0.3 is 14.4 Å². The van der Waals surface area contributed by atoms with Crippen LogP contribution in [0, 0.1) is 0 Å². The number of benzene rings is 1. The Morgan fingerprint density at radius 3 is 2.84 bits per heavy atom. The molecule has 2 aromatic rings. The molecule has 0 aliphatic carbocycles. The minimum Gasteiger partial charge on any atom is -0.485 e. The Bertz CT molecular complexity index is 524. The highest BCUT2D eigenvalue weighted by atomic mass is 16.5. The van der Waals surface area contributed by atoms with Crippen molar-refractivity contribution in [2.24, 2.45) is 0 Å². The van der Waals surface area contributed by atoms with E-state index in [1.807, 2.05) is 30.3 Å². The van der Waals surface area contributed by atoms with Gasteiger partial charge in [-0.15, -0.1) is 0 Å². The van der Waals surface area contributed by atoms with Crippen LogP contribution in [0.4, 0.5) is 0 Å². The van der Waals surface area contributed by atoms with Crippen molar-refractivity contribution in [2.75, 3.05) is 0 Å². The maximum atomic E-state index is 10.4. The summed E-state index contributed by atoms with van der Waals surface area (Å²) in [6, 6.07) is 9.34. The number of para-hydroxylation sites is 1. The second-order valence-electron chi connectivity index (χ2n) is 3.95. The number of aliphatic carboxylic acids is 1. The lowest BCUT2D eigenvalue weighted by Crippen LogP contribution is -1.98. The van der Waals surface area contributed by atoms with Crippen molar-refractivity contribution >= 4 is 5.97 Å². The Balaban J connectivity index is 1.79. The predicted molar refractivity (Wildman–Crippen MR) is 65.6 cm³/mol. The number of carboxylic acid groups (broad SMARTS) is 1. The number of hydrogen-bond donors (Lipinski definition) is 1. The molecular formula is C13H14N2O4. The second-order valence-corrected chi connectivity index (χ2v) is 3.95. The molecule has 0 amide bonds. The van der Waals surface area contributed by atoms with Crippen LogP contribution in [-0.4, -0.2) is 21.2 Å². The van der Waals surface area contributed by atoms with E-state index < -0.39 is 5.97 Å². The lowest BCUT2D eigenvalue weighted by atomic mass is 10.2. The molecule has 0 unspecified atom stereocenters. The van der Waals surface area contributed by atoms with Crippen molar-refractivity contribution in [2.45, 2.75) is 25.9 Å². The van der Waals surface area contributed by atoms with Gasteiger partial charge in [0.15, 0.2) is 6.61 Å². The molecule has 1 aromatic heterocycles. The minimum absolute atomic E-state index is 0.0955. The maximum Gasteiger partial charge on any atom is 0.303 e. The first-order chi connectivity index (χ1) is 9.24. The summed E-state index contributed by atoms with van der Waals surface area (Å²) in [4.78, 5) is 14.5. The van der Waals surface area contributed by atoms with Crippen LogP contribution in [0.15, 0.2) is 34.9 Å². The number of ether oxygens (including phenoxy) is 1. The van der Waals surface area contributed by atoms with E-state index in [4.69, 9.17) is 14.4 Å². The van der Waals surface area contributed by atoms with Gasteiger partial charge in [0.05, 0.1) is 0 Å². The quantitative estimate of drug-likeness (QED) is 0.822. The molecule has 100 valence electrons. The number of nitrogens with zero attached hydrogens (tertiary/aromatic N) is 2. The first-order valence-electron chi connectivity index (χ1n) is 5.95. The summed E-state index contributed by atoms with van der Waals surface area (Å²) < 4.78 is 10.5. The fraction of sp³-hybridized carbons (Fsp3) is 0.308. The maximum absolute atomic E-state index is 10.4. The first-order valence-corrected chi connectivity index (χ1v) is 5.95. The Morgan fingerprint density at radius 2 is 2.11 bits per heavy atom. The van der Waals surface area contributed by atoms with E-state index in [9.17, 15) is 4.79 Å². The van der Waals surface area contributed by atoms with E-state index in [0.29, 0.717) is 24.6 Å². The molecule has 0 aliphatic heterocycles. The van der Waals surface area contributed by atoms with Crippen LogP contribution in [-0.2, 0) is 17.8 Å². The molecule has 0 bridgehead atoms. The smallest absolute Gasteiger partial charge is 0.303 e. The third-order valence-corrected chi connectivity index (χ3v) is 2.40. The highest BCUT2D eigenvalue weighted by molar-refractivity contribution is 5.66. The van der Waals surface area contributed by atoms with Gasteiger partial charge in [-0.2, -0.15) is 4.98 Å². The van der Waals surface area contributed by atoms with Gasteiger partial charge in [-0.1, -0.05) is 23.4 Å². The summed E-state index contributed by atoms with van der Waals surface area (Å²) in [6.07, 6.45) is 1.04. The summed E-state index contributed by atoms with van der Waals surface area (Å²) in [5, 5.41) is 12.3. The summed E-state index contributed by atoms with van der Waals surface area (Å²) in [5.41, 5.74) is 0. The van der Waals surface area contributed by atoms with Crippen LogP contribution in [0.1, 0.15) is 24.6 Å². The van der Waals surface area contributed by atoms with E-state index in [1.165, 1.54) is 0 Å². The molecule has 0 saturated carbocycles. The van der Waals surface area contributed by atoms with Gasteiger partial charge in [-0.25, -0.2) is 0 Å². The van der Waals surface area contributed by atoms with E-state index in [0.717, 1.165) is 5.75 Å². The molecule has 1 aromatic carbocycles. The number of rotatable bonds is 7. The van der Waals surface area contributed by atoms with Gasteiger partial charge in [0, 0.05) is 12.8 Å². The third kappa shape index (κ3) is 4.42. The fourth-order valence-electron chi connectivity index (χ4n) is 1.51. The Hall–Kier alpha value is -2.37. The number of carboxylic acids is 1. The Morgan fingerprint density at radius 1 is 1.32 bits per heavy atom. The summed E-state index contributed by atoms with van der Waals surface area (Å²) in [6.45, 7) is 0.229. The molecule has 1 heterocycles. The number of aromatic nitrogens is 2. The summed E-state index contributed by atoms with van der Waals surface area (Å²) in [7, 11) is 0. The van der Waals surface area contributed by atoms with Crippen molar-refractivity contribution < 1.29 is 19.2 Å². The van der Waals surface area contributed by atoms with Crippen LogP contribution >= 0.6 is 0 Å². The average molecular weight is 262 g/mol. The molecule has 6 nitrogen and oxygen atoms in total. The largest absolute Gasteiger partial charge is 0.485 e. The van der Waals surface area contributed by atoms with Crippen molar-refractivity contribution in [3.63, 3.8) is 0 Å². The number of aryl methyl sites for hydroxylation is 1. The second kappa shape index (κ2) is 6.53. The van der Waals surface area contributed by atoms with Crippen molar-refractivity contribution in [1.82, 2.24) is 10.1 Å². The predicted octanol–water partition coefficient (Wildman–Crippen LogP) is 2.06. The lowest BCUT2D eigenvalue weighted by molar-refractivity contribution is -0.137. The topological polar surface area (TPSA) is 85.5 Å². The molecule has 0 spiro atoms. The van der Waals surface area contributed by atoms with E-state index in [-0.39, 0.29) is 13.0 Å². The molecule has 19 heavy (non-hydrogen) atoms. The standard InChI is InChI=1S/C13H14N2O4/c16-13(17)8-4-7-12-14-11(15-19-12)9-18-10-5-2-1-3-6-10/h1-3,5-6H,4,7-9H2,(H,16,17). The normalized spacial score (nSPS) is 10.3. The van der Waals surface area contributed by atoms with Crippen molar-refractivity contribution in [1.29, 1.82) is 0 Å². The van der Waals surface area contributed by atoms with Crippen LogP contribution in [0.5, 0.6) is 5.75 Å². The Labute approximate surface area is 110 Å². The molecule has 2 rings (SSSR count). The van der Waals surface area contributed by atoms with Crippen molar-refractivity contribution in [3.8, 4) is 5.75 Å². The highest BCUT2D eigenvalue weighted by Gasteiger charge is 2.07. The zero-order valence-corrected chi connectivity index (χ0v) is 10.3. The van der Waals surface area contributed by atoms with Gasteiger partial charge in [0.25, 0.3) is 0 Å². The number of hydrogen-bond acceptors (Lipinski definition) is 5. The summed E-state index contributed by atoms with van der Waals surface area (Å²) >= 11 is 0. The van der Waals surface area contributed by atoms with Crippen LogP contribution in [0.2, 0.25) is 0 Å². The highest BCUT2D eigenvalue weighted by Crippen LogP contribution is 2.10. The van der Waals surface area contributed by atoms with E-state index in [1.54, 1.807) is 0 Å². The SMILES string of the molecule is O=C(O)CCCc1nc(COc2ccccc2)no1. The van der Waals surface area contributed by atoms with Gasteiger partial charge in [-0.3, -0.25) is 4.79 Å². The van der Waals surface area contributed by atoms with Gasteiger partial charge in [0.2, 0.25) is 11.7 Å². The van der Waals surface area contributed by atoms with E-state index >= 15 is 0 Å². The molecule has 0 aliphatic rings. The number of carbonyl (C=O) groups is 1. The van der Waals surface area contributed by atoms with Crippen molar-refractivity contribution in [3.05, 3.63) is 42.0 Å². The Kier molecular flexibility index (Phi) is 4.49. The van der Waals surface area contributed by atoms with Crippen LogP contribution in [0.25, 0.3) is 0 Å². The van der Waals surface area contributed by atoms with Crippen LogP contribution < -0.4 is 4.74 Å². The first kappa shape index (κ1) is 13.1. The zero-order chi connectivity index (χ0) is 13.5. The molecule has 0 radical (unpaired) electrons. The average Bonchev–Trinajstić information content (AvgIpc) is 2.85. The van der Waals surface area contributed by atoms with Gasteiger partial charge in [0.1, 0.15) is 5.75 Å². The molecule has 0 fully saturated rings. The van der Waals surface area contributed by atoms with Gasteiger partial charge >= 0.3 is 5.97 Å². The molecule has 0 atom stereocenters. The zero-order valence-electron chi connectivity index (χ0n) is 10.3. The summed E-state index contributed by atoms with van der Waals surface area (Å²) in [5.74, 6) is 0.800. The molecule has 1 N–H and O–H groups in total. The molecular weight excluding hydrogens is 248 g/mol. The van der Waals surface area contributed by atoms with E-state index in [2.05, 4.69) is 10.1 Å². The lowest BCUT2D eigenvalue weighted by Gasteiger charge is -2.01. The fourth-order valence-corrected chi connectivity index (χ4v) is 1.51. The monoisotopic (exact) mass is 262 g/mol.